The first kappa shape index (κ1) is 53.0. The highest BCUT2D eigenvalue weighted by atomic mass is 16.6. The van der Waals surface area contributed by atoms with Crippen molar-refractivity contribution in [2.24, 2.45) is 5.41 Å². The molecule has 3 amide bonds. The van der Waals surface area contributed by atoms with Crippen LogP contribution in [0.2, 0.25) is 0 Å². The molecule has 0 radical (unpaired) electrons. The van der Waals surface area contributed by atoms with E-state index in [1.807, 2.05) is 24.0 Å². The van der Waals surface area contributed by atoms with Gasteiger partial charge in [-0.05, 0) is 104 Å². The van der Waals surface area contributed by atoms with Crippen LogP contribution in [0.25, 0.3) is 22.3 Å². The number of aromatic nitrogens is 2. The van der Waals surface area contributed by atoms with Crippen LogP contribution < -0.4 is 10.3 Å². The summed E-state index contributed by atoms with van der Waals surface area (Å²) in [6.07, 6.45) is 9.01. The van der Waals surface area contributed by atoms with Gasteiger partial charge < -0.3 is 43.3 Å². The SMILES string of the molecule is CCc1ccc(OC(=O)N2CCN(C(=O)CCCCCCCCCCC(=O)N3CCC(C(=O)OC(C)(C)C)(C(=O)OC(C)(C)C)CC3)CC2)c2cc3c(nc12)-c1cc2c(c(=O)n1C3)COC(=O)[C@]2(O)CC. The molecule has 1 aromatic carbocycles. The summed E-state index contributed by atoms with van der Waals surface area (Å²) in [7, 11) is 0. The number of piperazine rings is 1. The summed E-state index contributed by atoms with van der Waals surface area (Å²) in [5, 5.41) is 11.9. The highest BCUT2D eigenvalue weighted by Crippen LogP contribution is 2.41. The number of carbonyl (C=O) groups excluding carboxylic acids is 6. The molecule has 386 valence electrons. The van der Waals surface area contributed by atoms with E-state index in [0.29, 0.717) is 86.6 Å². The molecular weight excluding hydrogens is 911 g/mol. The molecule has 3 aromatic rings. The molecule has 7 rings (SSSR count). The number of aryl methyl sites for hydroxylation is 1. The molecule has 0 saturated carbocycles. The average Bonchev–Trinajstić information content (AvgIpc) is 3.69. The largest absolute Gasteiger partial charge is 0.459 e. The first-order chi connectivity index (χ1) is 33.6. The second-order valence-corrected chi connectivity index (χ2v) is 21.6. The molecule has 2 saturated heterocycles. The number of likely N-dealkylation sites (tertiary alicyclic amines) is 1. The first-order valence-corrected chi connectivity index (χ1v) is 25.7. The highest BCUT2D eigenvalue weighted by molar-refractivity contribution is 6.01. The molecule has 1 atom stereocenters. The van der Waals surface area contributed by atoms with Gasteiger partial charge in [0.15, 0.2) is 11.0 Å². The van der Waals surface area contributed by atoms with Crippen molar-refractivity contribution < 1.29 is 52.8 Å². The van der Waals surface area contributed by atoms with Gasteiger partial charge in [-0.25, -0.2) is 14.6 Å². The molecule has 0 unspecified atom stereocenters. The van der Waals surface area contributed by atoms with Gasteiger partial charge in [-0.1, -0.05) is 58.4 Å². The molecule has 6 heterocycles. The summed E-state index contributed by atoms with van der Waals surface area (Å²) in [6.45, 7) is 16.4. The Hall–Kier alpha value is -5.84. The van der Waals surface area contributed by atoms with E-state index in [0.717, 1.165) is 62.5 Å². The van der Waals surface area contributed by atoms with Crippen LogP contribution in [0.1, 0.15) is 161 Å². The van der Waals surface area contributed by atoms with Crippen molar-refractivity contribution in [1.82, 2.24) is 24.3 Å². The number of nitrogens with zero attached hydrogens (tertiary/aromatic N) is 5. The Balaban J connectivity index is 0.801. The standard InChI is InChI=1S/C54H73N5O12/c1-9-35-21-22-41(37-31-36-33-59-40(45(36)55-44(35)37)32-39-38(46(59)62)34-68-49(65)54(39,67)10-2)69-50(66)58-29-27-57(28-30-58)43(61)20-18-16-14-12-11-13-15-17-19-42(60)56-25-23-53(24-26-56,47(63)70-51(3,4)5)48(64)71-52(6,7)8/h21-22,31-32,67H,9-20,23-30,33-34H2,1-8H3/t54-/m0/s1. The molecule has 17 heteroatoms. The third kappa shape index (κ3) is 11.6. The van der Waals surface area contributed by atoms with E-state index < -0.39 is 46.2 Å². The van der Waals surface area contributed by atoms with Gasteiger partial charge in [0.1, 0.15) is 23.6 Å². The quantitative estimate of drug-likeness (QED) is 0.0501. The Kier molecular flexibility index (Phi) is 16.0. The second kappa shape index (κ2) is 21.5. The predicted octanol–water partition coefficient (Wildman–Crippen LogP) is 7.48. The molecule has 4 aliphatic heterocycles. The Morgan fingerprint density at radius 3 is 1.80 bits per heavy atom. The van der Waals surface area contributed by atoms with Gasteiger partial charge in [-0.2, -0.15) is 0 Å². The number of piperidine rings is 1. The maximum absolute atomic E-state index is 13.7. The lowest BCUT2D eigenvalue weighted by Gasteiger charge is -2.40. The number of fused-ring (bicyclic) bond motifs is 5. The summed E-state index contributed by atoms with van der Waals surface area (Å²) in [5.74, 6) is -1.51. The van der Waals surface area contributed by atoms with Gasteiger partial charge in [-0.15, -0.1) is 0 Å². The summed E-state index contributed by atoms with van der Waals surface area (Å²) in [6, 6.07) is 7.22. The third-order valence-electron chi connectivity index (χ3n) is 14.3. The molecule has 4 aliphatic rings. The van der Waals surface area contributed by atoms with Crippen molar-refractivity contribution in [2.75, 3.05) is 39.3 Å². The summed E-state index contributed by atoms with van der Waals surface area (Å²) >= 11 is 0. The zero-order chi connectivity index (χ0) is 51.5. The number of cyclic esters (lactones) is 1. The van der Waals surface area contributed by atoms with Crippen LogP contribution in [0.5, 0.6) is 5.75 Å². The van der Waals surface area contributed by atoms with Gasteiger partial charge in [0, 0.05) is 68.6 Å². The summed E-state index contributed by atoms with van der Waals surface area (Å²) in [5.41, 5.74) is -1.36. The molecule has 0 spiro atoms. The number of amides is 3. The number of rotatable bonds is 16. The maximum atomic E-state index is 13.7. The molecular formula is C54H73N5O12. The fourth-order valence-electron chi connectivity index (χ4n) is 10.1. The number of pyridine rings is 2. The van der Waals surface area contributed by atoms with Crippen LogP contribution in [0.3, 0.4) is 0 Å². The summed E-state index contributed by atoms with van der Waals surface area (Å²) < 4.78 is 24.1. The van der Waals surface area contributed by atoms with Crippen LogP contribution in [0, 0.1) is 5.41 Å². The molecule has 1 N–H and O–H groups in total. The number of ether oxygens (including phenoxy) is 4. The van der Waals surface area contributed by atoms with Crippen LogP contribution >= 0.6 is 0 Å². The zero-order valence-electron chi connectivity index (χ0n) is 43.0. The molecule has 0 aliphatic carbocycles. The van der Waals surface area contributed by atoms with E-state index in [4.69, 9.17) is 23.9 Å². The molecule has 2 aromatic heterocycles. The van der Waals surface area contributed by atoms with E-state index >= 15 is 0 Å². The minimum atomic E-state index is -1.93. The normalized spacial score (nSPS) is 18.6. The average molecular weight is 984 g/mol. The van der Waals surface area contributed by atoms with E-state index in [9.17, 15) is 38.7 Å². The molecule has 0 bridgehead atoms. The van der Waals surface area contributed by atoms with Crippen molar-refractivity contribution in [3.05, 3.63) is 56.9 Å². The first-order valence-electron chi connectivity index (χ1n) is 25.7. The van der Waals surface area contributed by atoms with Crippen LogP contribution in [-0.4, -0.2) is 116 Å². The number of hydrogen-bond donors (Lipinski definition) is 1. The minimum Gasteiger partial charge on any atom is -0.459 e. The second-order valence-electron chi connectivity index (χ2n) is 21.6. The Labute approximate surface area is 416 Å². The Bertz CT molecular complexity index is 2560. The van der Waals surface area contributed by atoms with Crippen molar-refractivity contribution in [1.29, 1.82) is 0 Å². The van der Waals surface area contributed by atoms with Crippen LogP contribution in [0.4, 0.5) is 4.79 Å². The van der Waals surface area contributed by atoms with Crippen LogP contribution in [-0.2, 0) is 63.4 Å². The highest BCUT2D eigenvalue weighted by Gasteiger charge is 2.53. The maximum Gasteiger partial charge on any atom is 0.415 e. The lowest BCUT2D eigenvalue weighted by molar-refractivity contribution is -0.190. The molecule has 71 heavy (non-hydrogen) atoms. The third-order valence-corrected chi connectivity index (χ3v) is 14.3. The number of aliphatic hydroxyl groups is 1. The van der Waals surface area contributed by atoms with Crippen molar-refractivity contribution in [3.8, 4) is 17.1 Å². The number of unbranched alkanes of at least 4 members (excludes halogenated alkanes) is 7. The lowest BCUT2D eigenvalue weighted by atomic mass is 9.77. The number of hydrogen-bond acceptors (Lipinski definition) is 13. The van der Waals surface area contributed by atoms with Crippen molar-refractivity contribution >= 4 is 46.7 Å². The molecule has 2 fully saturated rings. The Morgan fingerprint density at radius 1 is 0.732 bits per heavy atom. The topological polar surface area (TPSA) is 204 Å². The fourth-order valence-corrected chi connectivity index (χ4v) is 10.1. The van der Waals surface area contributed by atoms with Crippen molar-refractivity contribution in [2.45, 2.75) is 175 Å². The monoisotopic (exact) mass is 984 g/mol. The predicted molar refractivity (Wildman–Crippen MR) is 264 cm³/mol. The van der Waals surface area contributed by atoms with E-state index in [-0.39, 0.29) is 60.9 Å². The van der Waals surface area contributed by atoms with Gasteiger partial charge in [0.05, 0.1) is 29.0 Å². The van der Waals surface area contributed by atoms with Crippen molar-refractivity contribution in [3.63, 3.8) is 0 Å². The Morgan fingerprint density at radius 2 is 1.27 bits per heavy atom. The zero-order valence-corrected chi connectivity index (χ0v) is 43.0. The lowest BCUT2D eigenvalue weighted by Crippen LogP contribution is -2.53. The van der Waals surface area contributed by atoms with Gasteiger partial charge >= 0.3 is 24.0 Å². The summed E-state index contributed by atoms with van der Waals surface area (Å²) in [4.78, 5) is 103. The minimum absolute atomic E-state index is 0.0319. The number of esters is 3. The van der Waals surface area contributed by atoms with Crippen LogP contribution in [0.15, 0.2) is 29.1 Å². The number of benzene rings is 1. The van der Waals surface area contributed by atoms with E-state index in [2.05, 4.69) is 0 Å². The van der Waals surface area contributed by atoms with Gasteiger partial charge in [0.2, 0.25) is 11.8 Å². The molecule has 17 nitrogen and oxygen atoms in total. The van der Waals surface area contributed by atoms with Gasteiger partial charge in [-0.3, -0.25) is 24.0 Å². The fraction of sp³-hybridized carbons (Fsp3) is 0.630. The van der Waals surface area contributed by atoms with E-state index in [1.165, 1.54) is 0 Å². The van der Waals surface area contributed by atoms with Gasteiger partial charge in [0.25, 0.3) is 5.56 Å². The smallest absolute Gasteiger partial charge is 0.415 e. The van der Waals surface area contributed by atoms with E-state index in [1.54, 1.807) is 75.0 Å². The number of carbonyl (C=O) groups is 6.